The summed E-state index contributed by atoms with van der Waals surface area (Å²) < 4.78 is 0. The van der Waals surface area contributed by atoms with Crippen molar-refractivity contribution >= 4 is 5.97 Å². The first-order valence-electron chi connectivity index (χ1n) is 5.56. The van der Waals surface area contributed by atoms with E-state index in [0.717, 1.165) is 13.0 Å². The zero-order valence-electron chi connectivity index (χ0n) is 9.18. The zero-order valence-corrected chi connectivity index (χ0v) is 9.18. The third-order valence-electron chi connectivity index (χ3n) is 3.57. The van der Waals surface area contributed by atoms with Crippen LogP contribution in [0.4, 0.5) is 0 Å². The van der Waals surface area contributed by atoms with Crippen LogP contribution in [0.15, 0.2) is 0 Å². The van der Waals surface area contributed by atoms with Crippen molar-refractivity contribution in [1.82, 2.24) is 5.32 Å². The monoisotopic (exact) mass is 199 g/mol. The molecule has 0 aromatic carbocycles. The number of aliphatic carboxylic acids is 1. The molecule has 0 aromatic heterocycles. The van der Waals surface area contributed by atoms with Gasteiger partial charge in [0.05, 0.1) is 0 Å². The predicted octanol–water partition coefficient (Wildman–Crippen LogP) is 2.02. The Morgan fingerprint density at radius 2 is 2.07 bits per heavy atom. The molecule has 1 aliphatic rings. The van der Waals surface area contributed by atoms with Crippen LogP contribution >= 0.6 is 0 Å². The second kappa shape index (κ2) is 4.78. The van der Waals surface area contributed by atoms with E-state index in [4.69, 9.17) is 5.11 Å². The standard InChI is InChI=1S/C11H21NO2/c1-3-11(6-4-5-7-11)8-12-9(2)10(13)14/h9,12H,3-8H2,1-2H3,(H,13,14). The van der Waals surface area contributed by atoms with Crippen LogP contribution in [-0.4, -0.2) is 23.7 Å². The molecular formula is C11H21NO2. The second-order valence-electron chi connectivity index (χ2n) is 4.50. The van der Waals surface area contributed by atoms with E-state index < -0.39 is 12.0 Å². The maximum Gasteiger partial charge on any atom is 0.320 e. The first kappa shape index (κ1) is 11.5. The number of carboxylic acids is 1. The van der Waals surface area contributed by atoms with Crippen molar-refractivity contribution in [2.45, 2.75) is 52.0 Å². The number of rotatable bonds is 5. The van der Waals surface area contributed by atoms with Gasteiger partial charge in [0.15, 0.2) is 0 Å². The van der Waals surface area contributed by atoms with Gasteiger partial charge in [-0.15, -0.1) is 0 Å². The average molecular weight is 199 g/mol. The lowest BCUT2D eigenvalue weighted by Crippen LogP contribution is -2.40. The van der Waals surface area contributed by atoms with E-state index in [-0.39, 0.29) is 0 Å². The van der Waals surface area contributed by atoms with Gasteiger partial charge in [-0.25, -0.2) is 0 Å². The van der Waals surface area contributed by atoms with Crippen LogP contribution in [-0.2, 0) is 4.79 Å². The molecule has 1 rings (SSSR count). The van der Waals surface area contributed by atoms with Crippen molar-refractivity contribution in [3.05, 3.63) is 0 Å². The first-order valence-corrected chi connectivity index (χ1v) is 5.56. The van der Waals surface area contributed by atoms with Crippen molar-refractivity contribution in [1.29, 1.82) is 0 Å². The van der Waals surface area contributed by atoms with Gasteiger partial charge in [-0.3, -0.25) is 4.79 Å². The van der Waals surface area contributed by atoms with Crippen LogP contribution in [0.3, 0.4) is 0 Å². The van der Waals surface area contributed by atoms with Gasteiger partial charge in [0.1, 0.15) is 6.04 Å². The highest BCUT2D eigenvalue weighted by Crippen LogP contribution is 2.40. The number of carboxylic acid groups (broad SMARTS) is 1. The minimum atomic E-state index is -0.755. The van der Waals surface area contributed by atoms with Crippen LogP contribution < -0.4 is 5.32 Å². The van der Waals surface area contributed by atoms with Gasteiger partial charge >= 0.3 is 5.97 Å². The van der Waals surface area contributed by atoms with E-state index in [1.807, 2.05) is 0 Å². The Morgan fingerprint density at radius 3 is 2.50 bits per heavy atom. The molecule has 0 amide bonds. The molecule has 1 atom stereocenters. The normalized spacial score (nSPS) is 22.1. The molecule has 0 heterocycles. The van der Waals surface area contributed by atoms with Gasteiger partial charge in [-0.2, -0.15) is 0 Å². The van der Waals surface area contributed by atoms with Gasteiger partial charge < -0.3 is 10.4 Å². The van der Waals surface area contributed by atoms with Gasteiger partial charge in [0.25, 0.3) is 0 Å². The molecule has 2 N–H and O–H groups in total. The molecule has 1 aliphatic carbocycles. The van der Waals surface area contributed by atoms with Crippen molar-refractivity contribution in [3.8, 4) is 0 Å². The van der Waals surface area contributed by atoms with E-state index >= 15 is 0 Å². The third-order valence-corrected chi connectivity index (χ3v) is 3.57. The molecule has 1 fully saturated rings. The van der Waals surface area contributed by atoms with Gasteiger partial charge in [0, 0.05) is 6.54 Å². The quantitative estimate of drug-likeness (QED) is 0.712. The molecule has 0 spiro atoms. The van der Waals surface area contributed by atoms with Crippen LogP contribution in [0.25, 0.3) is 0 Å². The highest BCUT2D eigenvalue weighted by Gasteiger charge is 2.32. The Labute approximate surface area is 85.9 Å². The fraction of sp³-hybridized carbons (Fsp3) is 0.909. The molecule has 0 bridgehead atoms. The molecule has 14 heavy (non-hydrogen) atoms. The van der Waals surface area contributed by atoms with Crippen molar-refractivity contribution in [3.63, 3.8) is 0 Å². The van der Waals surface area contributed by atoms with Crippen LogP contribution in [0, 0.1) is 5.41 Å². The summed E-state index contributed by atoms with van der Waals surface area (Å²) in [4.78, 5) is 10.6. The smallest absolute Gasteiger partial charge is 0.320 e. The highest BCUT2D eigenvalue weighted by molar-refractivity contribution is 5.72. The molecule has 0 saturated heterocycles. The number of carbonyl (C=O) groups is 1. The van der Waals surface area contributed by atoms with Crippen LogP contribution in [0.2, 0.25) is 0 Å². The zero-order chi connectivity index (χ0) is 10.6. The molecular weight excluding hydrogens is 178 g/mol. The Bertz CT molecular complexity index is 197. The number of hydrogen-bond donors (Lipinski definition) is 2. The Morgan fingerprint density at radius 1 is 1.50 bits per heavy atom. The number of nitrogens with one attached hydrogen (secondary N) is 1. The Balaban J connectivity index is 2.38. The minimum Gasteiger partial charge on any atom is -0.480 e. The number of hydrogen-bond acceptors (Lipinski definition) is 2. The maximum absolute atomic E-state index is 10.6. The third kappa shape index (κ3) is 2.71. The fourth-order valence-electron chi connectivity index (χ4n) is 2.24. The summed E-state index contributed by atoms with van der Waals surface area (Å²) in [7, 11) is 0. The summed E-state index contributed by atoms with van der Waals surface area (Å²) in [6.45, 7) is 4.77. The molecule has 1 unspecified atom stereocenters. The summed E-state index contributed by atoms with van der Waals surface area (Å²) in [5, 5.41) is 11.9. The van der Waals surface area contributed by atoms with Crippen molar-refractivity contribution in [2.75, 3.05) is 6.54 Å². The van der Waals surface area contributed by atoms with E-state index in [9.17, 15) is 4.79 Å². The summed E-state index contributed by atoms with van der Waals surface area (Å²) in [6, 6.07) is -0.418. The molecule has 0 radical (unpaired) electrons. The summed E-state index contributed by atoms with van der Waals surface area (Å²) in [5.74, 6) is -0.755. The summed E-state index contributed by atoms with van der Waals surface area (Å²) >= 11 is 0. The summed E-state index contributed by atoms with van der Waals surface area (Å²) in [6.07, 6.45) is 6.27. The SMILES string of the molecule is CCC1(CNC(C)C(=O)O)CCCC1. The maximum atomic E-state index is 10.6. The van der Waals surface area contributed by atoms with Crippen LogP contribution in [0.5, 0.6) is 0 Å². The average Bonchev–Trinajstić information content (AvgIpc) is 2.63. The molecule has 1 saturated carbocycles. The molecule has 0 aromatic rings. The predicted molar refractivity (Wildman–Crippen MR) is 56.3 cm³/mol. The summed E-state index contributed by atoms with van der Waals surface area (Å²) in [5.41, 5.74) is 0.379. The topological polar surface area (TPSA) is 49.3 Å². The van der Waals surface area contributed by atoms with Gasteiger partial charge in [-0.1, -0.05) is 19.8 Å². The van der Waals surface area contributed by atoms with E-state index in [1.165, 1.54) is 25.7 Å². The lowest BCUT2D eigenvalue weighted by atomic mass is 9.83. The highest BCUT2D eigenvalue weighted by atomic mass is 16.4. The van der Waals surface area contributed by atoms with Crippen molar-refractivity contribution in [2.24, 2.45) is 5.41 Å². The second-order valence-corrected chi connectivity index (χ2v) is 4.50. The first-order chi connectivity index (χ1) is 6.59. The van der Waals surface area contributed by atoms with E-state index in [0.29, 0.717) is 5.41 Å². The van der Waals surface area contributed by atoms with Gasteiger partial charge in [0.2, 0.25) is 0 Å². The van der Waals surface area contributed by atoms with Gasteiger partial charge in [-0.05, 0) is 31.6 Å². The minimum absolute atomic E-state index is 0.379. The van der Waals surface area contributed by atoms with E-state index in [2.05, 4.69) is 12.2 Å². The van der Waals surface area contributed by atoms with Crippen molar-refractivity contribution < 1.29 is 9.90 Å². The molecule has 3 nitrogen and oxygen atoms in total. The van der Waals surface area contributed by atoms with Crippen LogP contribution in [0.1, 0.15) is 46.0 Å². The molecule has 82 valence electrons. The molecule has 3 heteroatoms. The Hall–Kier alpha value is -0.570. The molecule has 0 aliphatic heterocycles. The Kier molecular flexibility index (Phi) is 3.93. The fourth-order valence-corrected chi connectivity index (χ4v) is 2.24. The largest absolute Gasteiger partial charge is 0.480 e. The lowest BCUT2D eigenvalue weighted by Gasteiger charge is -2.28. The lowest BCUT2D eigenvalue weighted by molar-refractivity contribution is -0.139. The van der Waals surface area contributed by atoms with E-state index in [1.54, 1.807) is 6.92 Å².